The molecule has 2 fully saturated rings. The average Bonchev–Trinajstić information content (AvgIpc) is 2.60. The topological polar surface area (TPSA) is 15.3 Å². The lowest BCUT2D eigenvalue weighted by Crippen LogP contribution is -2.52. The summed E-state index contributed by atoms with van der Waals surface area (Å²) in [5.41, 5.74) is 0.731. The van der Waals surface area contributed by atoms with Gasteiger partial charge in [0.1, 0.15) is 0 Å². The van der Waals surface area contributed by atoms with Gasteiger partial charge in [-0.2, -0.15) is 0 Å². The van der Waals surface area contributed by atoms with Crippen molar-refractivity contribution in [3.05, 3.63) is 0 Å². The monoisotopic (exact) mass is 350 g/mol. The van der Waals surface area contributed by atoms with Gasteiger partial charge in [-0.3, -0.25) is 0 Å². The molecular weight excluding hydrogens is 304 g/mol. The van der Waals surface area contributed by atoms with Crippen molar-refractivity contribution >= 4 is 0 Å². The van der Waals surface area contributed by atoms with Gasteiger partial charge in [0, 0.05) is 12.1 Å². The van der Waals surface area contributed by atoms with Crippen molar-refractivity contribution in [2.45, 2.75) is 116 Å². The van der Waals surface area contributed by atoms with E-state index in [0.29, 0.717) is 0 Å². The first-order valence-corrected chi connectivity index (χ1v) is 11.5. The molecule has 2 heteroatoms. The van der Waals surface area contributed by atoms with Crippen LogP contribution in [0, 0.1) is 11.3 Å². The molecule has 0 aromatic carbocycles. The van der Waals surface area contributed by atoms with Gasteiger partial charge in [0.25, 0.3) is 0 Å². The molecule has 0 heterocycles. The average molecular weight is 351 g/mol. The first-order chi connectivity index (χ1) is 12.1. The van der Waals surface area contributed by atoms with E-state index in [4.69, 9.17) is 0 Å². The van der Waals surface area contributed by atoms with E-state index >= 15 is 0 Å². The van der Waals surface area contributed by atoms with Crippen molar-refractivity contribution in [2.24, 2.45) is 11.3 Å². The molecule has 2 aliphatic carbocycles. The van der Waals surface area contributed by atoms with Crippen LogP contribution in [0.1, 0.15) is 104 Å². The lowest BCUT2D eigenvalue weighted by Gasteiger charge is -2.53. The summed E-state index contributed by atoms with van der Waals surface area (Å²) in [5.74, 6) is 0.907. The van der Waals surface area contributed by atoms with Crippen molar-refractivity contribution in [1.82, 2.24) is 10.2 Å². The van der Waals surface area contributed by atoms with E-state index < -0.39 is 0 Å². The SMILES string of the molecule is CCCCCCNC1CC2(CCC(N(C)CCCC(C)CC)CC2)C1. The van der Waals surface area contributed by atoms with Crippen LogP contribution in [0.15, 0.2) is 0 Å². The highest BCUT2D eigenvalue weighted by atomic mass is 15.1. The molecule has 1 atom stereocenters. The number of unbranched alkanes of at least 4 members (excludes halogenated alkanes) is 3. The number of hydrogen-bond acceptors (Lipinski definition) is 2. The van der Waals surface area contributed by atoms with Crippen LogP contribution in [-0.4, -0.2) is 37.1 Å². The molecule has 0 amide bonds. The van der Waals surface area contributed by atoms with E-state index in [2.05, 4.69) is 38.0 Å². The van der Waals surface area contributed by atoms with Crippen LogP contribution in [0.25, 0.3) is 0 Å². The van der Waals surface area contributed by atoms with Gasteiger partial charge >= 0.3 is 0 Å². The van der Waals surface area contributed by atoms with Gasteiger partial charge in [0.05, 0.1) is 0 Å². The Labute approximate surface area is 158 Å². The van der Waals surface area contributed by atoms with Crippen LogP contribution in [0.3, 0.4) is 0 Å². The van der Waals surface area contributed by atoms with Gasteiger partial charge in [-0.15, -0.1) is 0 Å². The molecular formula is C23H46N2. The van der Waals surface area contributed by atoms with Crippen LogP contribution < -0.4 is 5.32 Å². The maximum absolute atomic E-state index is 3.82. The van der Waals surface area contributed by atoms with E-state index in [1.165, 1.54) is 96.6 Å². The van der Waals surface area contributed by atoms with E-state index in [-0.39, 0.29) is 0 Å². The molecule has 0 aromatic heterocycles. The molecule has 1 spiro atoms. The molecule has 0 saturated heterocycles. The third kappa shape index (κ3) is 6.86. The van der Waals surface area contributed by atoms with Crippen LogP contribution >= 0.6 is 0 Å². The Bertz CT molecular complexity index is 338. The van der Waals surface area contributed by atoms with Gasteiger partial charge in [0.2, 0.25) is 0 Å². The molecule has 2 nitrogen and oxygen atoms in total. The second-order valence-corrected chi connectivity index (χ2v) is 9.49. The summed E-state index contributed by atoms with van der Waals surface area (Å²) in [6.07, 6.45) is 18.5. The zero-order chi connectivity index (χ0) is 18.1. The maximum atomic E-state index is 3.82. The summed E-state index contributed by atoms with van der Waals surface area (Å²) in [5, 5.41) is 3.82. The summed E-state index contributed by atoms with van der Waals surface area (Å²) >= 11 is 0. The third-order valence-electron chi connectivity index (χ3n) is 7.37. The number of rotatable bonds is 12. The van der Waals surface area contributed by atoms with Crippen LogP contribution in [0.2, 0.25) is 0 Å². The summed E-state index contributed by atoms with van der Waals surface area (Å²) in [7, 11) is 2.38. The molecule has 0 aliphatic heterocycles. The minimum atomic E-state index is 0.731. The van der Waals surface area contributed by atoms with Crippen LogP contribution in [0.4, 0.5) is 0 Å². The number of nitrogens with one attached hydrogen (secondary N) is 1. The van der Waals surface area contributed by atoms with Gasteiger partial charge < -0.3 is 10.2 Å². The van der Waals surface area contributed by atoms with Crippen molar-refractivity contribution in [3.63, 3.8) is 0 Å². The lowest BCUT2D eigenvalue weighted by molar-refractivity contribution is 0.0102. The molecule has 1 N–H and O–H groups in total. The zero-order valence-corrected chi connectivity index (χ0v) is 17.8. The molecule has 0 aromatic rings. The Morgan fingerprint density at radius 3 is 2.40 bits per heavy atom. The Morgan fingerprint density at radius 1 is 1.04 bits per heavy atom. The van der Waals surface area contributed by atoms with Crippen LogP contribution in [-0.2, 0) is 0 Å². The summed E-state index contributed by atoms with van der Waals surface area (Å²) in [4.78, 5) is 2.68. The van der Waals surface area contributed by atoms with Gasteiger partial charge in [-0.05, 0) is 89.3 Å². The van der Waals surface area contributed by atoms with E-state index in [0.717, 1.165) is 23.4 Å². The molecule has 1 unspecified atom stereocenters. The fraction of sp³-hybridized carbons (Fsp3) is 1.00. The highest BCUT2D eigenvalue weighted by Gasteiger charge is 2.45. The Kier molecular flexibility index (Phi) is 9.27. The molecule has 148 valence electrons. The summed E-state index contributed by atoms with van der Waals surface area (Å²) < 4.78 is 0. The van der Waals surface area contributed by atoms with Crippen molar-refractivity contribution < 1.29 is 0 Å². The fourth-order valence-electron chi connectivity index (χ4n) is 5.13. The molecule has 2 saturated carbocycles. The second-order valence-electron chi connectivity index (χ2n) is 9.49. The highest BCUT2D eigenvalue weighted by Crippen LogP contribution is 2.52. The predicted octanol–water partition coefficient (Wildman–Crippen LogP) is 6.01. The van der Waals surface area contributed by atoms with Crippen molar-refractivity contribution in [2.75, 3.05) is 20.1 Å². The lowest BCUT2D eigenvalue weighted by atomic mass is 9.57. The molecule has 0 radical (unpaired) electrons. The zero-order valence-electron chi connectivity index (χ0n) is 17.8. The number of nitrogens with zero attached hydrogens (tertiary/aromatic N) is 1. The van der Waals surface area contributed by atoms with Crippen molar-refractivity contribution in [1.29, 1.82) is 0 Å². The predicted molar refractivity (Wildman–Crippen MR) is 111 cm³/mol. The normalized spacial score (nSPS) is 30.6. The van der Waals surface area contributed by atoms with E-state index in [1.807, 2.05) is 0 Å². The largest absolute Gasteiger partial charge is 0.314 e. The quantitative estimate of drug-likeness (QED) is 0.434. The molecule has 2 rings (SSSR count). The van der Waals surface area contributed by atoms with E-state index in [9.17, 15) is 0 Å². The first kappa shape index (κ1) is 21.2. The maximum Gasteiger partial charge on any atom is 0.00926 e. The van der Waals surface area contributed by atoms with Gasteiger partial charge in [-0.1, -0.05) is 46.5 Å². The Morgan fingerprint density at radius 2 is 1.76 bits per heavy atom. The summed E-state index contributed by atoms with van der Waals surface area (Å²) in [6, 6.07) is 1.70. The fourth-order valence-corrected chi connectivity index (χ4v) is 5.13. The van der Waals surface area contributed by atoms with E-state index in [1.54, 1.807) is 0 Å². The second kappa shape index (κ2) is 10.9. The standard InChI is InChI=1S/C23H46N2/c1-5-7-8-9-16-24-21-18-23(19-21)14-12-22(13-15-23)25(4)17-10-11-20(3)6-2/h20-22,24H,5-19H2,1-4H3. The molecule has 2 aliphatic rings. The first-order valence-electron chi connectivity index (χ1n) is 11.5. The minimum Gasteiger partial charge on any atom is -0.314 e. The highest BCUT2D eigenvalue weighted by molar-refractivity contribution is 5.01. The molecule has 0 bridgehead atoms. The smallest absolute Gasteiger partial charge is 0.00926 e. The Balaban J connectivity index is 1.54. The molecule has 25 heavy (non-hydrogen) atoms. The van der Waals surface area contributed by atoms with Gasteiger partial charge in [0.15, 0.2) is 0 Å². The summed E-state index contributed by atoms with van der Waals surface area (Å²) in [6.45, 7) is 9.57. The third-order valence-corrected chi connectivity index (χ3v) is 7.37. The van der Waals surface area contributed by atoms with Gasteiger partial charge in [-0.25, -0.2) is 0 Å². The van der Waals surface area contributed by atoms with Crippen LogP contribution in [0.5, 0.6) is 0 Å². The van der Waals surface area contributed by atoms with Crippen molar-refractivity contribution in [3.8, 4) is 0 Å². The minimum absolute atomic E-state index is 0.731. The number of hydrogen-bond donors (Lipinski definition) is 1. The Hall–Kier alpha value is -0.0800.